The molecule has 1 aromatic rings. The molecule has 0 aliphatic carbocycles. The van der Waals surface area contributed by atoms with Gasteiger partial charge in [0.1, 0.15) is 6.61 Å². The van der Waals surface area contributed by atoms with Crippen molar-refractivity contribution < 1.29 is 23.5 Å². The second-order valence-corrected chi connectivity index (χ2v) is 5.33. The summed E-state index contributed by atoms with van der Waals surface area (Å²) in [6.45, 7) is 3.69. The van der Waals surface area contributed by atoms with Crippen molar-refractivity contribution >= 4 is 17.8 Å². The Morgan fingerprint density at radius 2 is 1.73 bits per heavy atom. The molecule has 0 radical (unpaired) electrons. The second kappa shape index (κ2) is 6.55. The van der Waals surface area contributed by atoms with E-state index in [1.54, 1.807) is 6.07 Å². The standard InChI is InChI=1S/C15H17FN2O4/c1-10(2)9-18-14(20)13(19)17(15(18)21)7-8-22-12-6-4-3-5-11(12)16/h3-6,10H,7-9H2,1-2H3. The first-order valence-corrected chi connectivity index (χ1v) is 6.96. The summed E-state index contributed by atoms with van der Waals surface area (Å²) in [5.74, 6) is -2.13. The Morgan fingerprint density at radius 1 is 1.09 bits per heavy atom. The van der Waals surface area contributed by atoms with E-state index in [1.165, 1.54) is 18.2 Å². The molecule has 0 saturated carbocycles. The van der Waals surface area contributed by atoms with E-state index in [2.05, 4.69) is 0 Å². The van der Waals surface area contributed by atoms with Gasteiger partial charge in [0.2, 0.25) is 0 Å². The summed E-state index contributed by atoms with van der Waals surface area (Å²) in [6.07, 6.45) is 0. The molecule has 6 nitrogen and oxygen atoms in total. The van der Waals surface area contributed by atoms with Crippen molar-refractivity contribution in [3.63, 3.8) is 0 Å². The SMILES string of the molecule is CC(C)CN1C(=O)C(=O)N(CCOc2ccccc2F)C1=O. The summed E-state index contributed by atoms with van der Waals surface area (Å²) >= 11 is 0. The number of carbonyl (C=O) groups excluding carboxylic acids is 3. The van der Waals surface area contributed by atoms with Gasteiger partial charge >= 0.3 is 17.8 Å². The average Bonchev–Trinajstić information content (AvgIpc) is 2.66. The lowest BCUT2D eigenvalue weighted by Crippen LogP contribution is -2.37. The van der Waals surface area contributed by atoms with E-state index in [-0.39, 0.29) is 31.4 Å². The molecule has 1 fully saturated rings. The van der Waals surface area contributed by atoms with Gasteiger partial charge in [-0.1, -0.05) is 26.0 Å². The Labute approximate surface area is 127 Å². The highest BCUT2D eigenvalue weighted by atomic mass is 19.1. The highest BCUT2D eigenvalue weighted by Crippen LogP contribution is 2.17. The molecule has 1 saturated heterocycles. The predicted octanol–water partition coefficient (Wildman–Crippen LogP) is 1.65. The highest BCUT2D eigenvalue weighted by molar-refractivity contribution is 6.44. The fourth-order valence-electron chi connectivity index (χ4n) is 2.08. The number of ether oxygens (including phenoxy) is 1. The van der Waals surface area contributed by atoms with Crippen LogP contribution in [-0.4, -0.2) is 47.3 Å². The lowest BCUT2D eigenvalue weighted by atomic mass is 10.2. The maximum atomic E-state index is 13.4. The first-order chi connectivity index (χ1) is 10.4. The van der Waals surface area contributed by atoms with Crippen molar-refractivity contribution in [3.05, 3.63) is 30.1 Å². The minimum absolute atomic E-state index is 0.0342. The topological polar surface area (TPSA) is 66.9 Å². The minimum Gasteiger partial charge on any atom is -0.489 e. The molecule has 1 aliphatic heterocycles. The summed E-state index contributed by atoms with van der Waals surface area (Å²) in [5, 5.41) is 0. The van der Waals surface area contributed by atoms with Crippen LogP contribution in [0.4, 0.5) is 9.18 Å². The largest absolute Gasteiger partial charge is 0.489 e. The molecule has 2 rings (SSSR count). The number of nitrogens with zero attached hydrogens (tertiary/aromatic N) is 2. The number of hydrogen-bond donors (Lipinski definition) is 0. The number of rotatable bonds is 6. The zero-order valence-electron chi connectivity index (χ0n) is 12.4. The summed E-state index contributed by atoms with van der Waals surface area (Å²) in [5.41, 5.74) is 0. The van der Waals surface area contributed by atoms with Crippen LogP contribution in [0.5, 0.6) is 5.75 Å². The summed E-state index contributed by atoms with van der Waals surface area (Å²) < 4.78 is 18.6. The van der Waals surface area contributed by atoms with E-state index in [9.17, 15) is 18.8 Å². The quantitative estimate of drug-likeness (QED) is 0.592. The van der Waals surface area contributed by atoms with Gasteiger partial charge in [-0.15, -0.1) is 0 Å². The summed E-state index contributed by atoms with van der Waals surface area (Å²) in [4.78, 5) is 37.4. The number of halogens is 1. The Balaban J connectivity index is 1.95. The minimum atomic E-state index is -0.872. The Bertz CT molecular complexity index is 603. The molecule has 4 amide bonds. The van der Waals surface area contributed by atoms with E-state index < -0.39 is 23.7 Å². The van der Waals surface area contributed by atoms with Gasteiger partial charge < -0.3 is 4.74 Å². The van der Waals surface area contributed by atoms with Crippen LogP contribution in [-0.2, 0) is 9.59 Å². The van der Waals surface area contributed by atoms with Crippen molar-refractivity contribution in [2.24, 2.45) is 5.92 Å². The Hall–Kier alpha value is -2.44. The fraction of sp³-hybridized carbons (Fsp3) is 0.400. The molecule has 0 N–H and O–H groups in total. The molecule has 0 atom stereocenters. The van der Waals surface area contributed by atoms with Crippen LogP contribution in [0, 0.1) is 11.7 Å². The van der Waals surface area contributed by atoms with E-state index in [4.69, 9.17) is 4.74 Å². The van der Waals surface area contributed by atoms with Crippen LogP contribution >= 0.6 is 0 Å². The molecule has 0 aromatic heterocycles. The smallest absolute Gasteiger partial charge is 0.334 e. The van der Waals surface area contributed by atoms with Crippen LogP contribution in [0.25, 0.3) is 0 Å². The lowest BCUT2D eigenvalue weighted by molar-refractivity contribution is -0.143. The molecule has 0 spiro atoms. The third-order valence-corrected chi connectivity index (χ3v) is 3.09. The van der Waals surface area contributed by atoms with Gasteiger partial charge in [0.25, 0.3) is 0 Å². The number of para-hydroxylation sites is 1. The first-order valence-electron chi connectivity index (χ1n) is 6.96. The normalized spacial score (nSPS) is 15.2. The van der Waals surface area contributed by atoms with Gasteiger partial charge in [-0.3, -0.25) is 19.4 Å². The monoisotopic (exact) mass is 308 g/mol. The van der Waals surface area contributed by atoms with Crippen LogP contribution in [0.3, 0.4) is 0 Å². The number of urea groups is 1. The second-order valence-electron chi connectivity index (χ2n) is 5.33. The third-order valence-electron chi connectivity index (χ3n) is 3.09. The maximum Gasteiger partial charge on any atom is 0.334 e. The Kier molecular flexibility index (Phi) is 4.75. The van der Waals surface area contributed by atoms with Gasteiger partial charge in [0.15, 0.2) is 11.6 Å². The average molecular weight is 308 g/mol. The number of hydrogen-bond acceptors (Lipinski definition) is 4. The van der Waals surface area contributed by atoms with Crippen molar-refractivity contribution in [1.29, 1.82) is 0 Å². The van der Waals surface area contributed by atoms with Gasteiger partial charge in [0, 0.05) is 6.54 Å². The van der Waals surface area contributed by atoms with Crippen molar-refractivity contribution in [2.75, 3.05) is 19.7 Å². The Morgan fingerprint density at radius 3 is 2.36 bits per heavy atom. The van der Waals surface area contributed by atoms with Gasteiger partial charge in [-0.05, 0) is 18.1 Å². The van der Waals surface area contributed by atoms with E-state index >= 15 is 0 Å². The zero-order chi connectivity index (χ0) is 16.3. The molecule has 1 heterocycles. The molecule has 118 valence electrons. The molecule has 0 bridgehead atoms. The predicted molar refractivity (Wildman–Crippen MR) is 75.6 cm³/mol. The van der Waals surface area contributed by atoms with E-state index in [1.807, 2.05) is 13.8 Å². The third kappa shape index (κ3) is 3.24. The number of benzene rings is 1. The summed E-state index contributed by atoms with van der Waals surface area (Å²) in [6, 6.07) is 5.17. The number of carbonyl (C=O) groups is 3. The molecule has 1 aromatic carbocycles. The molecule has 1 aliphatic rings. The van der Waals surface area contributed by atoms with Crippen LogP contribution in [0.15, 0.2) is 24.3 Å². The summed E-state index contributed by atoms with van der Waals surface area (Å²) in [7, 11) is 0. The number of amides is 4. The molecule has 7 heteroatoms. The molecular formula is C15H17FN2O4. The molecule has 22 heavy (non-hydrogen) atoms. The molecule has 0 unspecified atom stereocenters. The van der Waals surface area contributed by atoms with Gasteiger partial charge in [-0.25, -0.2) is 9.18 Å². The van der Waals surface area contributed by atoms with Crippen LogP contribution in [0.2, 0.25) is 0 Å². The van der Waals surface area contributed by atoms with Crippen LogP contribution < -0.4 is 4.74 Å². The highest BCUT2D eigenvalue weighted by Gasteiger charge is 2.44. The first kappa shape index (κ1) is 15.9. The van der Waals surface area contributed by atoms with Crippen molar-refractivity contribution in [3.8, 4) is 5.75 Å². The maximum absolute atomic E-state index is 13.4. The van der Waals surface area contributed by atoms with Crippen molar-refractivity contribution in [2.45, 2.75) is 13.8 Å². The zero-order valence-corrected chi connectivity index (χ0v) is 12.4. The van der Waals surface area contributed by atoms with Gasteiger partial charge in [0.05, 0.1) is 6.54 Å². The fourth-order valence-corrected chi connectivity index (χ4v) is 2.08. The van der Waals surface area contributed by atoms with Gasteiger partial charge in [-0.2, -0.15) is 0 Å². The van der Waals surface area contributed by atoms with Crippen LogP contribution in [0.1, 0.15) is 13.8 Å². The molecular weight excluding hydrogens is 291 g/mol. The van der Waals surface area contributed by atoms with Crippen molar-refractivity contribution in [1.82, 2.24) is 9.80 Å². The number of imide groups is 2. The van der Waals surface area contributed by atoms with E-state index in [0.717, 1.165) is 9.80 Å². The lowest BCUT2D eigenvalue weighted by Gasteiger charge is -2.17. The van der Waals surface area contributed by atoms with E-state index in [0.29, 0.717) is 0 Å².